The van der Waals surface area contributed by atoms with Crippen LogP contribution in [0.25, 0.3) is 5.57 Å². The molecule has 43 heavy (non-hydrogen) atoms. The zero-order chi connectivity index (χ0) is 30.8. The Balaban J connectivity index is 1.36. The number of carbonyl (C=O) groups is 2. The van der Waals surface area contributed by atoms with Crippen molar-refractivity contribution in [2.45, 2.75) is 59.4 Å². The Morgan fingerprint density at radius 1 is 0.884 bits per heavy atom. The summed E-state index contributed by atoms with van der Waals surface area (Å²) in [5.41, 5.74) is 5.26. The van der Waals surface area contributed by atoms with Crippen molar-refractivity contribution in [2.24, 2.45) is 0 Å². The van der Waals surface area contributed by atoms with E-state index in [1.54, 1.807) is 25.3 Å². The fraction of sp³-hybridized carbons (Fsp3) is 0.371. The molecule has 1 heterocycles. The Kier molecular flexibility index (Phi) is 11.2. The van der Waals surface area contributed by atoms with Crippen LogP contribution in [0.1, 0.15) is 67.9 Å². The minimum Gasteiger partial charge on any atom is -0.493 e. The number of benzene rings is 3. The second-order valence-corrected chi connectivity index (χ2v) is 10.9. The summed E-state index contributed by atoms with van der Waals surface area (Å²) in [7, 11) is 1.56. The molecule has 3 aromatic rings. The van der Waals surface area contributed by atoms with E-state index in [0.29, 0.717) is 34.2 Å². The number of urea groups is 1. The van der Waals surface area contributed by atoms with Crippen LogP contribution in [0.3, 0.4) is 0 Å². The van der Waals surface area contributed by atoms with E-state index in [0.717, 1.165) is 44.5 Å². The predicted molar refractivity (Wildman–Crippen MR) is 174 cm³/mol. The van der Waals surface area contributed by atoms with Gasteiger partial charge in [0.25, 0.3) is 5.91 Å². The molecule has 1 aliphatic heterocycles. The molecule has 3 N–H and O–H groups in total. The van der Waals surface area contributed by atoms with Crippen LogP contribution < -0.4 is 25.4 Å². The van der Waals surface area contributed by atoms with E-state index in [1.807, 2.05) is 63.2 Å². The van der Waals surface area contributed by atoms with Crippen LogP contribution in [0.15, 0.2) is 66.7 Å². The van der Waals surface area contributed by atoms with Crippen LogP contribution in [-0.4, -0.2) is 49.6 Å². The summed E-state index contributed by atoms with van der Waals surface area (Å²) in [6.07, 6.45) is 6.24. The van der Waals surface area contributed by atoms with Gasteiger partial charge in [-0.15, -0.1) is 0 Å². The number of rotatable bonds is 12. The maximum absolute atomic E-state index is 13.0. The lowest BCUT2D eigenvalue weighted by molar-refractivity contribution is 0.102. The van der Waals surface area contributed by atoms with E-state index in [9.17, 15) is 9.59 Å². The summed E-state index contributed by atoms with van der Waals surface area (Å²) in [5, 5.41) is 8.80. The van der Waals surface area contributed by atoms with Crippen LogP contribution in [-0.2, 0) is 0 Å². The molecule has 228 valence electrons. The molecule has 0 unspecified atom stereocenters. The summed E-state index contributed by atoms with van der Waals surface area (Å²) < 4.78 is 11.7. The number of anilines is 2. The van der Waals surface area contributed by atoms with Gasteiger partial charge in [0.05, 0.1) is 7.11 Å². The van der Waals surface area contributed by atoms with Crippen molar-refractivity contribution < 1.29 is 19.1 Å². The zero-order valence-electron chi connectivity index (χ0n) is 26.0. The topological polar surface area (TPSA) is 91.9 Å². The molecule has 3 amide bonds. The summed E-state index contributed by atoms with van der Waals surface area (Å²) in [6, 6.07) is 18.5. The molecule has 0 aromatic heterocycles. The lowest BCUT2D eigenvalue weighted by Crippen LogP contribution is -2.37. The molecule has 3 aromatic carbocycles. The van der Waals surface area contributed by atoms with Crippen LogP contribution in [0.2, 0.25) is 0 Å². The summed E-state index contributed by atoms with van der Waals surface area (Å²) >= 11 is 0. The predicted octanol–water partition coefficient (Wildman–Crippen LogP) is 7.86. The minimum atomic E-state index is -0.255. The number of methoxy groups -OCH3 is 1. The SMILES string of the molecule is CCCN1CC=C(c2ccc(C(=O)Nc3ccc(Oc4ccc(NC(=O)NC(CC)CC)cc4OC)c(C)c3)cc2)CC1. The van der Waals surface area contributed by atoms with Gasteiger partial charge in [-0.05, 0) is 98.3 Å². The molecule has 8 heteroatoms. The molecule has 0 radical (unpaired) electrons. The maximum Gasteiger partial charge on any atom is 0.319 e. The van der Waals surface area contributed by atoms with Crippen LogP contribution in [0, 0.1) is 6.92 Å². The minimum absolute atomic E-state index is 0.127. The third-order valence-electron chi connectivity index (χ3n) is 7.75. The average Bonchev–Trinajstić information content (AvgIpc) is 3.02. The van der Waals surface area contributed by atoms with Gasteiger partial charge in [0.15, 0.2) is 11.5 Å². The molecular weight excluding hydrogens is 540 g/mol. The van der Waals surface area contributed by atoms with E-state index < -0.39 is 0 Å². The normalized spacial score (nSPS) is 13.3. The van der Waals surface area contributed by atoms with Crippen molar-refractivity contribution in [2.75, 3.05) is 37.4 Å². The van der Waals surface area contributed by atoms with Crippen molar-refractivity contribution in [3.63, 3.8) is 0 Å². The van der Waals surface area contributed by atoms with Crippen molar-refractivity contribution in [3.8, 4) is 17.2 Å². The Hall–Kier alpha value is -4.30. The molecule has 0 spiro atoms. The van der Waals surface area contributed by atoms with Crippen LogP contribution in [0.5, 0.6) is 17.2 Å². The van der Waals surface area contributed by atoms with Gasteiger partial charge in [0.2, 0.25) is 0 Å². The van der Waals surface area contributed by atoms with E-state index in [2.05, 4.69) is 33.9 Å². The van der Waals surface area contributed by atoms with E-state index in [4.69, 9.17) is 9.47 Å². The number of amides is 3. The van der Waals surface area contributed by atoms with Gasteiger partial charge >= 0.3 is 6.03 Å². The van der Waals surface area contributed by atoms with Gasteiger partial charge in [0.1, 0.15) is 5.75 Å². The molecule has 0 atom stereocenters. The van der Waals surface area contributed by atoms with Gasteiger partial charge < -0.3 is 25.4 Å². The first-order valence-corrected chi connectivity index (χ1v) is 15.2. The van der Waals surface area contributed by atoms with Crippen molar-refractivity contribution >= 4 is 28.9 Å². The molecule has 0 saturated carbocycles. The number of carbonyl (C=O) groups excluding carboxylic acids is 2. The molecular formula is C35H44N4O4. The molecule has 8 nitrogen and oxygen atoms in total. The van der Waals surface area contributed by atoms with Gasteiger partial charge in [0, 0.05) is 42.1 Å². The summed E-state index contributed by atoms with van der Waals surface area (Å²) in [5.74, 6) is 1.47. The molecule has 4 rings (SSSR count). The lowest BCUT2D eigenvalue weighted by atomic mass is 9.98. The van der Waals surface area contributed by atoms with Gasteiger partial charge in [-0.2, -0.15) is 0 Å². The van der Waals surface area contributed by atoms with Crippen LogP contribution in [0.4, 0.5) is 16.2 Å². The standard InChI is InChI=1S/C35H44N4O4/c1-6-19-39-20-17-26(18-21-39)25-9-11-27(12-10-25)34(40)36-29-13-15-31(24(4)22-29)43-32-16-14-30(23-33(32)42-5)38-35(41)37-28(7-2)8-3/h9-17,22-23,28H,6-8,18-21H2,1-5H3,(H,36,40)(H2,37,38,41). The molecule has 0 fully saturated rings. The smallest absolute Gasteiger partial charge is 0.319 e. The second-order valence-electron chi connectivity index (χ2n) is 10.9. The monoisotopic (exact) mass is 584 g/mol. The van der Waals surface area contributed by atoms with Gasteiger partial charge in [-0.1, -0.05) is 39.0 Å². The Bertz CT molecular complexity index is 1430. The first-order chi connectivity index (χ1) is 20.8. The molecule has 1 aliphatic rings. The largest absolute Gasteiger partial charge is 0.493 e. The molecule has 0 aliphatic carbocycles. The fourth-order valence-corrected chi connectivity index (χ4v) is 5.17. The zero-order valence-corrected chi connectivity index (χ0v) is 26.0. The first kappa shape index (κ1) is 31.6. The highest BCUT2D eigenvalue weighted by molar-refractivity contribution is 6.04. The van der Waals surface area contributed by atoms with Crippen molar-refractivity contribution in [1.29, 1.82) is 0 Å². The molecule has 0 saturated heterocycles. The quantitative estimate of drug-likeness (QED) is 0.202. The Morgan fingerprint density at radius 2 is 1.58 bits per heavy atom. The maximum atomic E-state index is 13.0. The number of hydrogen-bond donors (Lipinski definition) is 3. The number of ether oxygens (including phenoxy) is 2. The first-order valence-electron chi connectivity index (χ1n) is 15.2. The van der Waals surface area contributed by atoms with E-state index >= 15 is 0 Å². The number of hydrogen-bond acceptors (Lipinski definition) is 5. The Labute approximate surface area is 255 Å². The highest BCUT2D eigenvalue weighted by atomic mass is 16.5. The summed E-state index contributed by atoms with van der Waals surface area (Å²) in [4.78, 5) is 27.8. The average molecular weight is 585 g/mol. The number of nitrogens with zero attached hydrogens (tertiary/aromatic N) is 1. The number of aryl methyl sites for hydroxylation is 1. The fourth-order valence-electron chi connectivity index (χ4n) is 5.17. The van der Waals surface area contributed by atoms with Gasteiger partial charge in [-0.25, -0.2) is 4.79 Å². The van der Waals surface area contributed by atoms with Crippen LogP contribution >= 0.6 is 0 Å². The van der Waals surface area contributed by atoms with Crippen molar-refractivity contribution in [3.05, 3.63) is 83.4 Å². The second kappa shape index (κ2) is 15.3. The highest BCUT2D eigenvalue weighted by Gasteiger charge is 2.15. The van der Waals surface area contributed by atoms with E-state index in [-0.39, 0.29) is 18.0 Å². The van der Waals surface area contributed by atoms with Gasteiger partial charge in [-0.3, -0.25) is 9.69 Å². The number of nitrogens with one attached hydrogen (secondary N) is 3. The molecule has 0 bridgehead atoms. The van der Waals surface area contributed by atoms with E-state index in [1.165, 1.54) is 17.6 Å². The lowest BCUT2D eigenvalue weighted by Gasteiger charge is -2.26. The summed E-state index contributed by atoms with van der Waals surface area (Å²) in [6.45, 7) is 11.4. The third kappa shape index (κ3) is 8.61. The Morgan fingerprint density at radius 3 is 2.19 bits per heavy atom. The van der Waals surface area contributed by atoms with Crippen molar-refractivity contribution in [1.82, 2.24) is 10.2 Å². The third-order valence-corrected chi connectivity index (χ3v) is 7.75. The highest BCUT2D eigenvalue weighted by Crippen LogP contribution is 2.36.